The van der Waals surface area contributed by atoms with Crippen molar-refractivity contribution < 1.29 is 14.0 Å². The highest BCUT2D eigenvalue weighted by Gasteiger charge is 2.33. The van der Waals surface area contributed by atoms with Crippen LogP contribution in [0.2, 0.25) is 0 Å². The molecule has 2 amide bonds. The van der Waals surface area contributed by atoms with Crippen molar-refractivity contribution in [3.8, 4) is 0 Å². The van der Waals surface area contributed by atoms with Gasteiger partial charge in [0.05, 0.1) is 35.2 Å². The zero-order valence-corrected chi connectivity index (χ0v) is 22.7. The summed E-state index contributed by atoms with van der Waals surface area (Å²) in [4.78, 5) is 37.3. The molecule has 3 aliphatic heterocycles. The van der Waals surface area contributed by atoms with Crippen molar-refractivity contribution in [2.45, 2.75) is 32.0 Å². The van der Waals surface area contributed by atoms with Crippen LogP contribution >= 0.6 is 0 Å². The van der Waals surface area contributed by atoms with Gasteiger partial charge < -0.3 is 24.6 Å². The summed E-state index contributed by atoms with van der Waals surface area (Å²) in [6, 6.07) is 9.30. The standard InChI is InChI=1S/C30H32FN7O2/c1-34(2)21-6-9-35(10-7-21)30(40)37-12-11-36-18-23(22-14-20(31)13-19(17-37)29(22)36)27-25(39)16-33-28(27)24-15-32-26-5-3-4-8-38(24)26/h3-5,8,13-15,18,21,33H,6-7,9-12,16-17H2,1-2H3. The number of pyridine rings is 1. The third-order valence-corrected chi connectivity index (χ3v) is 8.62. The zero-order chi connectivity index (χ0) is 27.5. The number of piperidine rings is 1. The van der Waals surface area contributed by atoms with Crippen LogP contribution in [0.25, 0.3) is 27.8 Å². The molecular formula is C30H32FN7O2. The van der Waals surface area contributed by atoms with Gasteiger partial charge in [-0.15, -0.1) is 0 Å². The van der Waals surface area contributed by atoms with Crippen LogP contribution in [0.15, 0.2) is 48.9 Å². The van der Waals surface area contributed by atoms with Crippen molar-refractivity contribution >= 4 is 39.6 Å². The molecule has 10 heteroatoms. The Morgan fingerprint density at radius 2 is 1.93 bits per heavy atom. The fraction of sp³-hybridized carbons (Fsp3) is 0.367. The van der Waals surface area contributed by atoms with Gasteiger partial charge in [0.2, 0.25) is 0 Å². The molecule has 1 N–H and O–H groups in total. The number of ketones is 1. The minimum atomic E-state index is -0.377. The summed E-state index contributed by atoms with van der Waals surface area (Å²) >= 11 is 0. The van der Waals surface area contributed by atoms with Gasteiger partial charge >= 0.3 is 6.03 Å². The number of aromatic nitrogens is 3. The van der Waals surface area contributed by atoms with Gasteiger partial charge in [-0.05, 0) is 56.8 Å². The van der Waals surface area contributed by atoms with E-state index < -0.39 is 0 Å². The van der Waals surface area contributed by atoms with Gasteiger partial charge in [0.15, 0.2) is 5.78 Å². The number of amides is 2. The normalized spacial score (nSPS) is 18.4. The molecule has 0 unspecified atom stereocenters. The molecule has 1 saturated heterocycles. The number of carbonyl (C=O) groups excluding carboxylic acids is 2. The summed E-state index contributed by atoms with van der Waals surface area (Å²) in [5.74, 6) is -0.418. The van der Waals surface area contributed by atoms with E-state index in [-0.39, 0.29) is 24.2 Å². The third kappa shape index (κ3) is 3.97. The van der Waals surface area contributed by atoms with Gasteiger partial charge in [-0.25, -0.2) is 14.2 Å². The van der Waals surface area contributed by atoms with Crippen LogP contribution in [0.3, 0.4) is 0 Å². The number of urea groups is 1. The van der Waals surface area contributed by atoms with E-state index in [4.69, 9.17) is 0 Å². The first-order valence-corrected chi connectivity index (χ1v) is 13.8. The van der Waals surface area contributed by atoms with E-state index in [1.165, 1.54) is 12.1 Å². The van der Waals surface area contributed by atoms with E-state index in [2.05, 4.69) is 33.9 Å². The van der Waals surface area contributed by atoms with E-state index in [1.807, 2.05) is 44.8 Å². The largest absolute Gasteiger partial charge is 0.375 e. The monoisotopic (exact) mass is 541 g/mol. The Balaban J connectivity index is 1.26. The number of imidazole rings is 1. The molecule has 3 aliphatic rings. The average molecular weight is 542 g/mol. The lowest BCUT2D eigenvalue weighted by molar-refractivity contribution is -0.112. The van der Waals surface area contributed by atoms with Crippen molar-refractivity contribution in [3.63, 3.8) is 0 Å². The van der Waals surface area contributed by atoms with Crippen LogP contribution < -0.4 is 5.32 Å². The molecule has 0 bridgehead atoms. The Kier molecular flexibility index (Phi) is 5.88. The van der Waals surface area contributed by atoms with Gasteiger partial charge in [0.1, 0.15) is 11.5 Å². The van der Waals surface area contributed by atoms with Gasteiger partial charge in [-0.3, -0.25) is 9.20 Å². The molecule has 1 aromatic carbocycles. The Morgan fingerprint density at radius 3 is 2.73 bits per heavy atom. The van der Waals surface area contributed by atoms with E-state index in [0.29, 0.717) is 47.9 Å². The number of likely N-dealkylation sites (tertiary alicyclic amines) is 1. The van der Waals surface area contributed by atoms with Gasteiger partial charge in [0, 0.05) is 62.1 Å². The first-order valence-electron chi connectivity index (χ1n) is 13.8. The van der Waals surface area contributed by atoms with Crippen LogP contribution in [0, 0.1) is 5.82 Å². The number of Topliss-reactive ketones (excluding diaryl/α,β-unsaturated/α-hetero) is 1. The van der Waals surface area contributed by atoms with Crippen molar-refractivity contribution in [3.05, 3.63) is 71.6 Å². The number of halogens is 1. The summed E-state index contributed by atoms with van der Waals surface area (Å²) in [6.07, 6.45) is 7.53. The van der Waals surface area contributed by atoms with Crippen molar-refractivity contribution in [1.82, 2.24) is 34.0 Å². The summed E-state index contributed by atoms with van der Waals surface area (Å²) in [5, 5.41) is 3.96. The lowest BCUT2D eigenvalue weighted by atomic mass is 9.99. The smallest absolute Gasteiger partial charge is 0.320 e. The van der Waals surface area contributed by atoms with Crippen LogP contribution in [0.5, 0.6) is 0 Å². The highest BCUT2D eigenvalue weighted by Crippen LogP contribution is 2.38. The molecule has 0 saturated carbocycles. The van der Waals surface area contributed by atoms with Gasteiger partial charge in [0.25, 0.3) is 0 Å². The summed E-state index contributed by atoms with van der Waals surface area (Å²) in [6.45, 7) is 3.03. The van der Waals surface area contributed by atoms with E-state index in [9.17, 15) is 9.59 Å². The zero-order valence-electron chi connectivity index (χ0n) is 22.7. The van der Waals surface area contributed by atoms with E-state index in [1.54, 1.807) is 6.20 Å². The lowest BCUT2D eigenvalue weighted by Gasteiger charge is -2.37. The Bertz CT molecular complexity index is 1690. The molecule has 40 heavy (non-hydrogen) atoms. The predicted molar refractivity (Wildman–Crippen MR) is 151 cm³/mol. The van der Waals surface area contributed by atoms with Gasteiger partial charge in [-0.2, -0.15) is 0 Å². The number of hydrogen-bond acceptors (Lipinski definition) is 5. The quantitative estimate of drug-likeness (QED) is 0.430. The van der Waals surface area contributed by atoms with Gasteiger partial charge in [-0.1, -0.05) is 6.07 Å². The van der Waals surface area contributed by atoms with Crippen LogP contribution in [0.1, 0.15) is 29.7 Å². The first-order chi connectivity index (χ1) is 19.4. The highest BCUT2D eigenvalue weighted by atomic mass is 19.1. The number of rotatable bonds is 3. The SMILES string of the molecule is CN(C)C1CCN(C(=O)N2CCn3cc(C4=C(c5cnc6ccccn56)NCC4=O)c4cc(F)cc(c43)C2)CC1. The third-order valence-electron chi connectivity index (χ3n) is 8.62. The minimum absolute atomic E-state index is 0.00775. The molecule has 7 rings (SSSR count). The fourth-order valence-corrected chi connectivity index (χ4v) is 6.54. The maximum absolute atomic E-state index is 15.1. The second-order valence-electron chi connectivity index (χ2n) is 11.2. The number of nitrogens with one attached hydrogen (secondary N) is 1. The maximum Gasteiger partial charge on any atom is 0.320 e. The molecule has 206 valence electrons. The summed E-state index contributed by atoms with van der Waals surface area (Å²) < 4.78 is 19.2. The predicted octanol–water partition coefficient (Wildman–Crippen LogP) is 3.43. The molecule has 9 nitrogen and oxygen atoms in total. The number of fused-ring (bicyclic) bond motifs is 1. The number of carbonyl (C=O) groups is 2. The van der Waals surface area contributed by atoms with Crippen LogP contribution in [-0.2, 0) is 17.9 Å². The summed E-state index contributed by atoms with van der Waals surface area (Å²) in [7, 11) is 4.17. The molecule has 0 aliphatic carbocycles. The molecular weight excluding hydrogens is 509 g/mol. The van der Waals surface area contributed by atoms with E-state index >= 15 is 4.39 Å². The second-order valence-corrected chi connectivity index (χ2v) is 11.2. The van der Waals surface area contributed by atoms with Crippen molar-refractivity contribution in [2.24, 2.45) is 0 Å². The Labute approximate surface area is 231 Å². The van der Waals surface area contributed by atoms with E-state index in [0.717, 1.165) is 48.4 Å². The lowest BCUT2D eigenvalue weighted by Crippen LogP contribution is -2.49. The molecule has 6 heterocycles. The van der Waals surface area contributed by atoms with Crippen molar-refractivity contribution in [2.75, 3.05) is 40.3 Å². The molecule has 3 aromatic heterocycles. The molecule has 4 aromatic rings. The molecule has 0 spiro atoms. The average Bonchev–Trinajstić information content (AvgIpc) is 3.61. The minimum Gasteiger partial charge on any atom is -0.375 e. The fourth-order valence-electron chi connectivity index (χ4n) is 6.54. The number of nitrogens with zero attached hydrogens (tertiary/aromatic N) is 6. The molecule has 0 radical (unpaired) electrons. The first kappa shape index (κ1) is 24.8. The topological polar surface area (TPSA) is 78.1 Å². The second kappa shape index (κ2) is 9.48. The Morgan fingerprint density at radius 1 is 1.10 bits per heavy atom. The summed E-state index contributed by atoms with van der Waals surface area (Å²) in [5.41, 5.74) is 5.15. The maximum atomic E-state index is 15.1. The number of benzene rings is 1. The van der Waals surface area contributed by atoms with Crippen LogP contribution in [0.4, 0.5) is 9.18 Å². The van der Waals surface area contributed by atoms with Crippen molar-refractivity contribution in [1.29, 1.82) is 0 Å². The Hall–Kier alpha value is -4.18. The molecule has 1 fully saturated rings. The number of hydrogen-bond donors (Lipinski definition) is 1. The van der Waals surface area contributed by atoms with Crippen LogP contribution in [-0.4, -0.2) is 86.8 Å². The highest BCUT2D eigenvalue weighted by molar-refractivity contribution is 6.33. The molecule has 0 atom stereocenters.